The van der Waals surface area contributed by atoms with Crippen molar-refractivity contribution in [2.45, 2.75) is 39.0 Å². The van der Waals surface area contributed by atoms with Crippen molar-refractivity contribution >= 4 is 17.1 Å². The predicted molar refractivity (Wildman–Crippen MR) is 135 cm³/mol. The van der Waals surface area contributed by atoms with Crippen molar-refractivity contribution < 1.29 is 9.53 Å². The predicted octanol–water partition coefficient (Wildman–Crippen LogP) is 4.72. The lowest BCUT2D eigenvalue weighted by molar-refractivity contribution is 0.101. The van der Waals surface area contributed by atoms with E-state index in [9.17, 15) is 15.3 Å². The molecule has 1 aliphatic heterocycles. The van der Waals surface area contributed by atoms with E-state index in [4.69, 9.17) is 4.74 Å². The molecule has 1 aliphatic rings. The average Bonchev–Trinajstić information content (AvgIpc) is 3.32. The normalized spacial score (nSPS) is 16.5. The highest BCUT2D eigenvalue weighted by Crippen LogP contribution is 2.40. The van der Waals surface area contributed by atoms with E-state index in [1.165, 1.54) is 11.3 Å². The number of rotatable bonds is 11. The SMILES string of the molecule is CC(=O)c1cccc(OCCN2CCN(CCCC(C#N)(c3cc(C#N)cs3)C(C)C)CC2)c1. The molecule has 0 bridgehead atoms. The van der Waals surface area contributed by atoms with Gasteiger partial charge in [-0.3, -0.25) is 9.69 Å². The van der Waals surface area contributed by atoms with E-state index in [1.54, 1.807) is 19.1 Å². The zero-order valence-corrected chi connectivity index (χ0v) is 21.2. The largest absolute Gasteiger partial charge is 0.492 e. The number of nitriles is 2. The first-order valence-electron chi connectivity index (χ1n) is 12.0. The molecule has 6 nitrogen and oxygen atoms in total. The molecule has 1 aromatic carbocycles. The lowest BCUT2D eigenvalue weighted by atomic mass is 9.73. The summed E-state index contributed by atoms with van der Waals surface area (Å²) in [6, 6.07) is 14.0. The first kappa shape index (κ1) is 25.9. The molecule has 0 aliphatic carbocycles. The van der Waals surface area contributed by atoms with Gasteiger partial charge in [0.1, 0.15) is 18.4 Å². The molecule has 2 heterocycles. The summed E-state index contributed by atoms with van der Waals surface area (Å²) in [4.78, 5) is 17.4. The molecule has 3 rings (SSSR count). The van der Waals surface area contributed by atoms with Gasteiger partial charge < -0.3 is 9.64 Å². The molecular weight excluding hydrogens is 444 g/mol. The van der Waals surface area contributed by atoms with Gasteiger partial charge in [-0.2, -0.15) is 10.5 Å². The Kier molecular flexibility index (Phi) is 9.24. The second-order valence-electron chi connectivity index (χ2n) is 9.27. The van der Waals surface area contributed by atoms with Gasteiger partial charge >= 0.3 is 0 Å². The summed E-state index contributed by atoms with van der Waals surface area (Å²) < 4.78 is 5.86. The summed E-state index contributed by atoms with van der Waals surface area (Å²) in [5.74, 6) is 0.977. The summed E-state index contributed by atoms with van der Waals surface area (Å²) in [6.45, 7) is 12.2. The molecule has 1 fully saturated rings. The van der Waals surface area contributed by atoms with Crippen LogP contribution in [0.3, 0.4) is 0 Å². The number of ether oxygens (including phenoxy) is 1. The Morgan fingerprint density at radius 3 is 2.44 bits per heavy atom. The van der Waals surface area contributed by atoms with Crippen LogP contribution >= 0.6 is 11.3 Å². The van der Waals surface area contributed by atoms with Gasteiger partial charge in [-0.15, -0.1) is 11.3 Å². The number of thiophene rings is 1. The van der Waals surface area contributed by atoms with Crippen LogP contribution in [0.2, 0.25) is 0 Å². The molecule has 0 radical (unpaired) electrons. The Morgan fingerprint density at radius 1 is 1.15 bits per heavy atom. The summed E-state index contributed by atoms with van der Waals surface area (Å²) in [7, 11) is 0. The van der Waals surface area contributed by atoms with Gasteiger partial charge in [0.05, 0.1) is 17.0 Å². The molecule has 0 amide bonds. The fraction of sp³-hybridized carbons (Fsp3) is 0.519. The molecule has 2 aromatic rings. The van der Waals surface area contributed by atoms with E-state index in [0.717, 1.165) is 62.7 Å². The van der Waals surface area contributed by atoms with Gasteiger partial charge in [0.2, 0.25) is 0 Å². The fourth-order valence-electron chi connectivity index (χ4n) is 4.48. The minimum absolute atomic E-state index is 0.0456. The van der Waals surface area contributed by atoms with E-state index in [0.29, 0.717) is 17.7 Å². The monoisotopic (exact) mass is 478 g/mol. The highest BCUT2D eigenvalue weighted by Gasteiger charge is 2.37. The Labute approximate surface area is 207 Å². The Balaban J connectivity index is 1.41. The van der Waals surface area contributed by atoms with E-state index in [-0.39, 0.29) is 11.7 Å². The Bertz CT molecular complexity index is 1040. The highest BCUT2D eigenvalue weighted by molar-refractivity contribution is 7.10. The molecule has 1 unspecified atom stereocenters. The molecule has 0 N–H and O–H groups in total. The molecule has 34 heavy (non-hydrogen) atoms. The first-order valence-corrected chi connectivity index (χ1v) is 12.8. The van der Waals surface area contributed by atoms with Crippen molar-refractivity contribution in [1.82, 2.24) is 9.80 Å². The van der Waals surface area contributed by atoms with Crippen LogP contribution in [0, 0.1) is 28.6 Å². The molecular formula is C27H34N4O2S. The Hall–Kier alpha value is -2.71. The number of carbonyl (C=O) groups is 1. The van der Waals surface area contributed by atoms with Crippen LogP contribution in [0.25, 0.3) is 0 Å². The number of carbonyl (C=O) groups excluding carboxylic acids is 1. The van der Waals surface area contributed by atoms with Crippen LogP contribution in [0.5, 0.6) is 5.75 Å². The number of nitrogens with zero attached hydrogens (tertiary/aromatic N) is 4. The van der Waals surface area contributed by atoms with Crippen molar-refractivity contribution in [2.75, 3.05) is 45.9 Å². The van der Waals surface area contributed by atoms with E-state index >= 15 is 0 Å². The van der Waals surface area contributed by atoms with Gasteiger partial charge in [0, 0.05) is 48.5 Å². The number of ketones is 1. The Morgan fingerprint density at radius 2 is 1.85 bits per heavy atom. The van der Waals surface area contributed by atoms with Crippen LogP contribution in [0.15, 0.2) is 35.7 Å². The zero-order chi connectivity index (χ0) is 24.6. The lowest BCUT2D eigenvalue weighted by Gasteiger charge is -2.35. The lowest BCUT2D eigenvalue weighted by Crippen LogP contribution is -2.47. The van der Waals surface area contributed by atoms with Gasteiger partial charge in [0.15, 0.2) is 5.78 Å². The van der Waals surface area contributed by atoms with E-state index < -0.39 is 5.41 Å². The standard InChI is InChI=1S/C27H34N4O2S/c1-21(2)27(20-29,26-16-23(18-28)19-34-26)8-5-9-30-10-12-31(13-11-30)14-15-33-25-7-4-6-24(17-25)22(3)32/h4,6-7,16-17,19,21H,5,8-15H2,1-3H3. The van der Waals surface area contributed by atoms with Crippen LogP contribution in [0.4, 0.5) is 0 Å². The molecule has 0 spiro atoms. The quantitative estimate of drug-likeness (QED) is 0.435. The molecule has 180 valence electrons. The summed E-state index contributed by atoms with van der Waals surface area (Å²) in [5, 5.41) is 21.1. The van der Waals surface area contributed by atoms with Gasteiger partial charge in [-0.1, -0.05) is 26.0 Å². The smallest absolute Gasteiger partial charge is 0.159 e. The summed E-state index contributed by atoms with van der Waals surface area (Å²) in [6.07, 6.45) is 1.76. The third-order valence-corrected chi connectivity index (χ3v) is 7.89. The maximum Gasteiger partial charge on any atom is 0.159 e. The number of Topliss-reactive ketones (excluding diaryl/α,β-unsaturated/α-hetero) is 1. The third-order valence-electron chi connectivity index (χ3n) is 6.78. The van der Waals surface area contributed by atoms with Crippen LogP contribution < -0.4 is 4.74 Å². The number of benzene rings is 1. The number of piperazine rings is 1. The minimum atomic E-state index is -0.529. The van der Waals surface area contributed by atoms with Gasteiger partial charge in [-0.25, -0.2) is 0 Å². The molecule has 1 atom stereocenters. The number of hydrogen-bond acceptors (Lipinski definition) is 7. The molecule has 7 heteroatoms. The van der Waals surface area contributed by atoms with Gasteiger partial charge in [0.25, 0.3) is 0 Å². The van der Waals surface area contributed by atoms with Crippen LogP contribution in [0.1, 0.15) is 54.4 Å². The zero-order valence-electron chi connectivity index (χ0n) is 20.4. The van der Waals surface area contributed by atoms with E-state index in [1.807, 2.05) is 23.6 Å². The first-order chi connectivity index (χ1) is 16.4. The van der Waals surface area contributed by atoms with Gasteiger partial charge in [-0.05, 0) is 50.4 Å². The molecule has 1 aromatic heterocycles. The van der Waals surface area contributed by atoms with Crippen molar-refractivity contribution in [3.63, 3.8) is 0 Å². The number of hydrogen-bond donors (Lipinski definition) is 0. The van der Waals surface area contributed by atoms with Crippen molar-refractivity contribution in [1.29, 1.82) is 10.5 Å². The van der Waals surface area contributed by atoms with Crippen molar-refractivity contribution in [2.24, 2.45) is 5.92 Å². The summed E-state index contributed by atoms with van der Waals surface area (Å²) >= 11 is 1.53. The highest BCUT2D eigenvalue weighted by atomic mass is 32.1. The third kappa shape index (κ3) is 6.45. The maximum absolute atomic E-state index is 11.5. The summed E-state index contributed by atoms with van der Waals surface area (Å²) in [5.41, 5.74) is 0.791. The van der Waals surface area contributed by atoms with Crippen molar-refractivity contribution in [3.8, 4) is 17.9 Å². The topological polar surface area (TPSA) is 80.4 Å². The fourth-order valence-corrected chi connectivity index (χ4v) is 5.64. The van der Waals surface area contributed by atoms with E-state index in [2.05, 4.69) is 35.8 Å². The van der Waals surface area contributed by atoms with Crippen molar-refractivity contribution in [3.05, 3.63) is 51.7 Å². The second kappa shape index (κ2) is 12.1. The molecule has 1 saturated heterocycles. The minimum Gasteiger partial charge on any atom is -0.492 e. The van der Waals surface area contributed by atoms with Crippen LogP contribution in [-0.4, -0.2) is 61.5 Å². The maximum atomic E-state index is 11.5. The molecule has 0 saturated carbocycles. The average molecular weight is 479 g/mol. The second-order valence-corrected chi connectivity index (χ2v) is 10.2. The van der Waals surface area contributed by atoms with Crippen LogP contribution in [-0.2, 0) is 5.41 Å².